The summed E-state index contributed by atoms with van der Waals surface area (Å²) < 4.78 is 6.32. The third-order valence-corrected chi connectivity index (χ3v) is 2.86. The van der Waals surface area contributed by atoms with Crippen molar-refractivity contribution >= 4 is 11.7 Å². The van der Waals surface area contributed by atoms with E-state index in [4.69, 9.17) is 4.74 Å². The van der Waals surface area contributed by atoms with Crippen LogP contribution in [-0.2, 0) is 28.9 Å². The Labute approximate surface area is 117 Å². The van der Waals surface area contributed by atoms with E-state index >= 15 is 0 Å². The molecule has 0 saturated heterocycles. The van der Waals surface area contributed by atoms with Crippen molar-refractivity contribution in [3.05, 3.63) is 33.7 Å². The van der Waals surface area contributed by atoms with Crippen molar-refractivity contribution in [2.45, 2.75) is 40.2 Å². The van der Waals surface area contributed by atoms with Gasteiger partial charge in [-0.1, -0.05) is 20.4 Å². The molecule has 0 N–H and O–H groups in total. The highest BCUT2D eigenvalue weighted by atomic mass is 16.6. The van der Waals surface area contributed by atoms with Crippen LogP contribution in [0, 0.1) is 10.1 Å². The standard InChI is InChI=1S/C13H19N3O4/c1-5-10-12(16(18)19)11(6-2)15(14-10)8-9(4)13(17)20-7-3/h4-8H2,1-3H3. The molecule has 0 bridgehead atoms. The number of esters is 1. The zero-order chi connectivity index (χ0) is 15.3. The van der Waals surface area contributed by atoms with Crippen LogP contribution in [0.3, 0.4) is 0 Å². The molecule has 7 nitrogen and oxygen atoms in total. The molecule has 7 heteroatoms. The number of nitrogens with zero attached hydrogens (tertiary/aromatic N) is 3. The van der Waals surface area contributed by atoms with Gasteiger partial charge in [-0.15, -0.1) is 0 Å². The largest absolute Gasteiger partial charge is 0.463 e. The highest BCUT2D eigenvalue weighted by Crippen LogP contribution is 2.25. The van der Waals surface area contributed by atoms with Crippen LogP contribution in [0.5, 0.6) is 0 Å². The first-order valence-electron chi connectivity index (χ1n) is 6.53. The molecule has 0 atom stereocenters. The van der Waals surface area contributed by atoms with Crippen molar-refractivity contribution in [3.8, 4) is 0 Å². The number of rotatable bonds is 7. The molecule has 0 aliphatic carbocycles. The molecule has 0 aliphatic heterocycles. The molecule has 0 radical (unpaired) electrons. The second kappa shape index (κ2) is 6.83. The molecule has 1 aromatic rings. The van der Waals surface area contributed by atoms with Crippen LogP contribution in [0.1, 0.15) is 32.2 Å². The molecule has 0 unspecified atom stereocenters. The number of aromatic nitrogens is 2. The van der Waals surface area contributed by atoms with Crippen LogP contribution in [0.4, 0.5) is 5.69 Å². The second-order valence-corrected chi connectivity index (χ2v) is 4.19. The summed E-state index contributed by atoms with van der Waals surface area (Å²) in [6, 6.07) is 0. The first kappa shape index (κ1) is 15.9. The maximum Gasteiger partial charge on any atom is 0.335 e. The number of carbonyl (C=O) groups is 1. The minimum absolute atomic E-state index is 0.0339. The van der Waals surface area contributed by atoms with Crippen molar-refractivity contribution in [1.29, 1.82) is 0 Å². The maximum absolute atomic E-state index is 11.5. The lowest BCUT2D eigenvalue weighted by Crippen LogP contribution is -2.15. The lowest BCUT2D eigenvalue weighted by atomic mass is 10.2. The van der Waals surface area contributed by atoms with Crippen molar-refractivity contribution in [3.63, 3.8) is 0 Å². The summed E-state index contributed by atoms with van der Waals surface area (Å²) in [6.45, 7) is 9.33. The molecule has 1 rings (SSSR count). The predicted octanol–water partition coefficient (Wildman–Crippen LogP) is 2.04. The molecule has 1 aromatic heterocycles. The van der Waals surface area contributed by atoms with Gasteiger partial charge in [0.05, 0.1) is 23.6 Å². The van der Waals surface area contributed by atoms with Gasteiger partial charge in [0.2, 0.25) is 0 Å². The number of hydrogen-bond donors (Lipinski definition) is 0. The van der Waals surface area contributed by atoms with Gasteiger partial charge >= 0.3 is 11.7 Å². The number of ether oxygens (including phenoxy) is 1. The van der Waals surface area contributed by atoms with Crippen LogP contribution >= 0.6 is 0 Å². The first-order valence-corrected chi connectivity index (χ1v) is 6.53. The maximum atomic E-state index is 11.5. The van der Waals surface area contributed by atoms with Gasteiger partial charge in [0.1, 0.15) is 11.4 Å². The molecular weight excluding hydrogens is 262 g/mol. The molecular formula is C13H19N3O4. The predicted molar refractivity (Wildman–Crippen MR) is 73.4 cm³/mol. The minimum atomic E-state index is -0.509. The summed E-state index contributed by atoms with van der Waals surface area (Å²) in [7, 11) is 0. The third kappa shape index (κ3) is 3.23. The Bertz CT molecular complexity index is 534. The number of nitro groups is 1. The lowest BCUT2D eigenvalue weighted by molar-refractivity contribution is -0.386. The molecule has 0 saturated carbocycles. The van der Waals surface area contributed by atoms with Crippen molar-refractivity contribution < 1.29 is 14.5 Å². The van der Waals surface area contributed by atoms with Gasteiger partial charge in [0.15, 0.2) is 0 Å². The minimum Gasteiger partial charge on any atom is -0.463 e. The Hall–Kier alpha value is -2.18. The van der Waals surface area contributed by atoms with Crippen molar-refractivity contribution in [1.82, 2.24) is 9.78 Å². The van der Waals surface area contributed by atoms with E-state index in [2.05, 4.69) is 11.7 Å². The van der Waals surface area contributed by atoms with Crippen LogP contribution < -0.4 is 0 Å². The first-order chi connectivity index (χ1) is 9.46. The fourth-order valence-corrected chi connectivity index (χ4v) is 1.95. The number of hydrogen-bond acceptors (Lipinski definition) is 5. The molecule has 0 aliphatic rings. The Morgan fingerprint density at radius 2 is 2.05 bits per heavy atom. The molecule has 20 heavy (non-hydrogen) atoms. The molecule has 110 valence electrons. The van der Waals surface area contributed by atoms with Crippen LogP contribution in [0.2, 0.25) is 0 Å². The second-order valence-electron chi connectivity index (χ2n) is 4.19. The van der Waals surface area contributed by atoms with Gasteiger partial charge in [-0.05, 0) is 19.8 Å². The average molecular weight is 281 g/mol. The number of aryl methyl sites for hydroxylation is 1. The molecule has 0 fully saturated rings. The fourth-order valence-electron chi connectivity index (χ4n) is 1.95. The average Bonchev–Trinajstić information content (AvgIpc) is 2.76. The van der Waals surface area contributed by atoms with E-state index < -0.39 is 10.9 Å². The summed E-state index contributed by atoms with van der Waals surface area (Å²) in [4.78, 5) is 22.3. The highest BCUT2D eigenvalue weighted by molar-refractivity contribution is 5.87. The summed E-state index contributed by atoms with van der Waals surface area (Å²) in [5, 5.41) is 15.3. The van der Waals surface area contributed by atoms with E-state index in [0.29, 0.717) is 24.2 Å². The van der Waals surface area contributed by atoms with E-state index in [1.54, 1.807) is 13.8 Å². The zero-order valence-corrected chi connectivity index (χ0v) is 12.0. The van der Waals surface area contributed by atoms with Gasteiger partial charge in [-0.25, -0.2) is 4.79 Å². The quantitative estimate of drug-likeness (QED) is 0.330. The molecule has 1 heterocycles. The van der Waals surface area contributed by atoms with E-state index in [0.717, 1.165) is 0 Å². The Kier molecular flexibility index (Phi) is 5.42. The van der Waals surface area contributed by atoms with Gasteiger partial charge in [-0.2, -0.15) is 5.10 Å². The lowest BCUT2D eigenvalue weighted by Gasteiger charge is -2.07. The van der Waals surface area contributed by atoms with Crippen LogP contribution in [0.25, 0.3) is 0 Å². The molecule has 0 spiro atoms. The van der Waals surface area contributed by atoms with Gasteiger partial charge in [0, 0.05) is 0 Å². The summed E-state index contributed by atoms with van der Waals surface area (Å²) in [5.74, 6) is -0.509. The zero-order valence-electron chi connectivity index (χ0n) is 12.0. The third-order valence-electron chi connectivity index (χ3n) is 2.86. The van der Waals surface area contributed by atoms with E-state index in [-0.39, 0.29) is 24.4 Å². The fraction of sp³-hybridized carbons (Fsp3) is 0.538. The smallest absolute Gasteiger partial charge is 0.335 e. The van der Waals surface area contributed by atoms with Crippen molar-refractivity contribution in [2.24, 2.45) is 0 Å². The Balaban J connectivity index is 3.10. The summed E-state index contributed by atoms with van der Waals surface area (Å²) >= 11 is 0. The van der Waals surface area contributed by atoms with Crippen molar-refractivity contribution in [2.75, 3.05) is 6.61 Å². The van der Waals surface area contributed by atoms with Gasteiger partial charge in [-0.3, -0.25) is 14.8 Å². The topological polar surface area (TPSA) is 87.3 Å². The Morgan fingerprint density at radius 3 is 2.50 bits per heavy atom. The monoisotopic (exact) mass is 281 g/mol. The Morgan fingerprint density at radius 1 is 1.40 bits per heavy atom. The van der Waals surface area contributed by atoms with E-state index in [1.807, 2.05) is 6.92 Å². The normalized spacial score (nSPS) is 10.3. The SMILES string of the molecule is C=C(Cn1nc(CC)c([N+](=O)[O-])c1CC)C(=O)OCC. The van der Waals surface area contributed by atoms with Gasteiger partial charge < -0.3 is 4.74 Å². The van der Waals surface area contributed by atoms with Crippen LogP contribution in [-0.4, -0.2) is 27.3 Å². The number of carbonyl (C=O) groups excluding carboxylic acids is 1. The summed E-state index contributed by atoms with van der Waals surface area (Å²) in [6.07, 6.45) is 0.918. The molecule has 0 amide bonds. The highest BCUT2D eigenvalue weighted by Gasteiger charge is 2.26. The van der Waals surface area contributed by atoms with E-state index in [1.165, 1.54) is 4.68 Å². The summed E-state index contributed by atoms with van der Waals surface area (Å²) in [5.41, 5.74) is 1.18. The van der Waals surface area contributed by atoms with Crippen LogP contribution in [0.15, 0.2) is 12.2 Å². The van der Waals surface area contributed by atoms with E-state index in [9.17, 15) is 14.9 Å². The molecule has 0 aromatic carbocycles. The van der Waals surface area contributed by atoms with Gasteiger partial charge in [0.25, 0.3) is 0 Å².